The van der Waals surface area contributed by atoms with Crippen LogP contribution in [0.15, 0.2) is 48.5 Å². The first-order chi connectivity index (χ1) is 13.0. The number of methoxy groups -OCH3 is 1. The van der Waals surface area contributed by atoms with Crippen molar-refractivity contribution in [1.82, 2.24) is 0 Å². The van der Waals surface area contributed by atoms with Crippen LogP contribution in [0.4, 0.5) is 0 Å². The summed E-state index contributed by atoms with van der Waals surface area (Å²) in [6.45, 7) is 2.82. The molecule has 0 aliphatic heterocycles. The molecule has 2 aromatic rings. The fraction of sp³-hybridized carbons (Fsp3) is 0.316. The van der Waals surface area contributed by atoms with Crippen LogP contribution in [0, 0.1) is 0 Å². The fourth-order valence-electron chi connectivity index (χ4n) is 2.20. The van der Waals surface area contributed by atoms with E-state index in [1.54, 1.807) is 18.2 Å². The number of hydrogen-bond acceptors (Lipinski definition) is 5. The van der Waals surface area contributed by atoms with E-state index in [0.717, 1.165) is 5.56 Å². The van der Waals surface area contributed by atoms with Gasteiger partial charge in [0.25, 0.3) is 0 Å². The molecule has 0 bridgehead atoms. The van der Waals surface area contributed by atoms with Crippen molar-refractivity contribution in [3.8, 4) is 11.5 Å². The van der Waals surface area contributed by atoms with Crippen molar-refractivity contribution < 1.29 is 41.0 Å². The molecule has 148 valence electrons. The van der Waals surface area contributed by atoms with E-state index < -0.39 is 5.97 Å². The van der Waals surface area contributed by atoms with Crippen molar-refractivity contribution in [1.29, 1.82) is 0 Å². The first-order valence-electron chi connectivity index (χ1n) is 8.08. The molecule has 0 saturated heterocycles. The Kier molecular flexibility index (Phi) is 10.4. The average Bonchev–Trinajstić information content (AvgIpc) is 2.70. The van der Waals surface area contributed by atoms with Crippen molar-refractivity contribution >= 4 is 47.2 Å². The zero-order valence-corrected chi connectivity index (χ0v) is 21.3. The van der Waals surface area contributed by atoms with Gasteiger partial charge in [-0.05, 0) is 0 Å². The van der Waals surface area contributed by atoms with Gasteiger partial charge in [0.2, 0.25) is 0 Å². The summed E-state index contributed by atoms with van der Waals surface area (Å²) in [5.41, 5.74) is 1.43. The van der Waals surface area contributed by atoms with Crippen LogP contribution in [0.1, 0.15) is 22.8 Å². The zero-order chi connectivity index (χ0) is 19.6. The average molecular weight is 709 g/mol. The number of ether oxygens (including phenoxy) is 4. The van der Waals surface area contributed by atoms with E-state index in [-0.39, 0.29) is 25.5 Å². The third kappa shape index (κ3) is 8.28. The maximum atomic E-state index is 12.0. The Bertz CT molecular complexity index is 727. The molecule has 0 heterocycles. The second kappa shape index (κ2) is 12.3. The number of carbonyl (C=O) groups excluding carboxylic acids is 1. The third-order valence-electron chi connectivity index (χ3n) is 3.41. The molecule has 1 unspecified atom stereocenters. The summed E-state index contributed by atoms with van der Waals surface area (Å²) < 4.78 is 22.6. The van der Waals surface area contributed by atoms with E-state index in [4.69, 9.17) is 18.9 Å². The molecule has 0 fully saturated rings. The fourth-order valence-corrected chi connectivity index (χ4v) is 3.66. The summed E-state index contributed by atoms with van der Waals surface area (Å²) in [7, 11) is 1.35. The molecule has 0 spiro atoms. The van der Waals surface area contributed by atoms with Gasteiger partial charge in [-0.25, -0.2) is 0 Å². The van der Waals surface area contributed by atoms with Crippen molar-refractivity contribution in [2.75, 3.05) is 13.7 Å². The molecule has 0 aliphatic rings. The number of hydrogen-bond donors (Lipinski definition) is 0. The van der Waals surface area contributed by atoms with Gasteiger partial charge in [-0.15, -0.1) is 0 Å². The molecule has 2 atom stereocenters. The Morgan fingerprint density at radius 2 is 1.85 bits per heavy atom. The van der Waals surface area contributed by atoms with Crippen LogP contribution < -0.4 is 26.7 Å². The Morgan fingerprint density at radius 1 is 1.15 bits per heavy atom. The second-order valence-electron chi connectivity index (χ2n) is 5.56. The number of benzene rings is 2. The summed E-state index contributed by atoms with van der Waals surface area (Å²) in [5, 5.41) is 0. The van der Waals surface area contributed by atoms with Crippen LogP contribution in [0.25, 0.3) is 0 Å². The van der Waals surface area contributed by atoms with Gasteiger partial charge in [0.15, 0.2) is 0 Å². The number of alkyl halides is 2. The predicted octanol–water partition coefficient (Wildman–Crippen LogP) is 1.99. The molecule has 0 N–H and O–H groups in total. The van der Waals surface area contributed by atoms with Crippen molar-refractivity contribution in [3.05, 3.63) is 59.7 Å². The van der Waals surface area contributed by atoms with E-state index in [0.29, 0.717) is 30.3 Å². The van der Waals surface area contributed by atoms with Gasteiger partial charge in [-0.2, -0.15) is 0 Å². The van der Waals surface area contributed by atoms with Crippen LogP contribution >= 0.6 is 41.2 Å². The first kappa shape index (κ1) is 22.9. The van der Waals surface area contributed by atoms with E-state index in [9.17, 15) is 4.79 Å². The van der Waals surface area contributed by atoms with Crippen LogP contribution in [0.2, 0.25) is 0 Å². The molecular formula is C19H20I3O5-. The van der Waals surface area contributed by atoms with Gasteiger partial charge in [-0.1, -0.05) is 18.2 Å². The molecule has 8 heteroatoms. The SMILES string of the molecule is COC(=O)c1cc(OCc2ccccc2)cc(O[C@@H](C)COC(I)[I-]I)c1. The maximum absolute atomic E-state index is 12.0. The molecule has 5 nitrogen and oxygen atoms in total. The standard InChI is InChI=1S/C19H20I3O5/c1-13(11-26-19(20)22-21)27-17-9-15(18(23)24-2)8-16(10-17)25-12-14-6-4-3-5-7-14/h3-10,13,19H,11-12H2,1-2H3/q-1/t13-,19?/m0/s1. The molecular weight excluding hydrogens is 689 g/mol. The van der Waals surface area contributed by atoms with E-state index in [1.807, 2.05) is 37.3 Å². The molecule has 0 radical (unpaired) electrons. The Balaban J connectivity index is 2.09. The van der Waals surface area contributed by atoms with E-state index in [2.05, 4.69) is 41.2 Å². The van der Waals surface area contributed by atoms with Crippen molar-refractivity contribution in [2.45, 2.75) is 21.8 Å². The summed E-state index contributed by atoms with van der Waals surface area (Å²) in [5.74, 6) is 0.664. The van der Waals surface area contributed by atoms with E-state index >= 15 is 0 Å². The number of halogens is 3. The molecule has 0 amide bonds. The van der Waals surface area contributed by atoms with Crippen LogP contribution in [0.5, 0.6) is 11.5 Å². The minimum atomic E-state index is -0.434. The molecule has 2 aromatic carbocycles. The van der Waals surface area contributed by atoms with Crippen molar-refractivity contribution in [2.24, 2.45) is 0 Å². The monoisotopic (exact) mass is 709 g/mol. The van der Waals surface area contributed by atoms with E-state index in [1.165, 1.54) is 7.11 Å². The van der Waals surface area contributed by atoms with Gasteiger partial charge >= 0.3 is 177 Å². The van der Waals surface area contributed by atoms with Gasteiger partial charge in [0.1, 0.15) is 0 Å². The Morgan fingerprint density at radius 3 is 2.52 bits per heavy atom. The minimum absolute atomic E-state index is 0.000326. The summed E-state index contributed by atoms with van der Waals surface area (Å²) in [6.07, 6.45) is -0.149. The van der Waals surface area contributed by atoms with Gasteiger partial charge in [0.05, 0.1) is 0 Å². The Hall–Kier alpha value is -0.340. The molecule has 0 saturated carbocycles. The van der Waals surface area contributed by atoms with Gasteiger partial charge < -0.3 is 0 Å². The van der Waals surface area contributed by atoms with Crippen molar-refractivity contribution in [3.63, 3.8) is 0 Å². The number of carbonyl (C=O) groups is 1. The molecule has 2 rings (SSSR count). The first-order valence-corrected chi connectivity index (χ1v) is 16.9. The molecule has 27 heavy (non-hydrogen) atoms. The topological polar surface area (TPSA) is 54.0 Å². The predicted molar refractivity (Wildman–Crippen MR) is 116 cm³/mol. The zero-order valence-electron chi connectivity index (χ0n) is 14.9. The second-order valence-corrected chi connectivity index (χ2v) is 13.8. The van der Waals surface area contributed by atoms with Gasteiger partial charge in [0, 0.05) is 0 Å². The van der Waals surface area contributed by atoms with Crippen LogP contribution in [-0.2, 0) is 16.1 Å². The molecule has 0 aromatic heterocycles. The van der Waals surface area contributed by atoms with Gasteiger partial charge in [-0.3, -0.25) is 0 Å². The number of esters is 1. The third-order valence-corrected chi connectivity index (χ3v) is 15.0. The summed E-state index contributed by atoms with van der Waals surface area (Å²) >= 11 is 4.68. The number of rotatable bonds is 10. The Labute approximate surface area is 193 Å². The van der Waals surface area contributed by atoms with Crippen LogP contribution in [-0.4, -0.2) is 27.9 Å². The summed E-state index contributed by atoms with van der Waals surface area (Å²) in [4.78, 5) is 12.0. The normalized spacial score (nSPS) is 13.0. The molecule has 0 aliphatic carbocycles. The summed E-state index contributed by atoms with van der Waals surface area (Å²) in [6, 6.07) is 14.9. The quantitative estimate of drug-likeness (QED) is 0.215. The van der Waals surface area contributed by atoms with Crippen LogP contribution in [0.3, 0.4) is 0 Å².